The molecule has 0 radical (unpaired) electrons. The predicted molar refractivity (Wildman–Crippen MR) is 70.0 cm³/mol. The van der Waals surface area contributed by atoms with Gasteiger partial charge in [0.05, 0.1) is 17.8 Å². The number of carbonyl (C=O) groups excluding carboxylic acids is 2. The van der Waals surface area contributed by atoms with E-state index in [-0.39, 0.29) is 18.0 Å². The molecular formula is C15H9F2NO3. The number of rotatable bonds is 2. The summed E-state index contributed by atoms with van der Waals surface area (Å²) in [7, 11) is 0. The van der Waals surface area contributed by atoms with Crippen LogP contribution in [-0.4, -0.2) is 16.8 Å². The number of hydrogen-bond donors (Lipinski definition) is 1. The van der Waals surface area contributed by atoms with Gasteiger partial charge in [0.25, 0.3) is 11.7 Å². The van der Waals surface area contributed by atoms with Gasteiger partial charge in [-0.2, -0.15) is 0 Å². The van der Waals surface area contributed by atoms with Gasteiger partial charge < -0.3 is 5.11 Å². The van der Waals surface area contributed by atoms with E-state index in [4.69, 9.17) is 0 Å². The average Bonchev–Trinajstić information content (AvgIpc) is 2.71. The van der Waals surface area contributed by atoms with E-state index in [0.717, 1.165) is 17.0 Å². The van der Waals surface area contributed by atoms with Crippen LogP contribution in [0.4, 0.5) is 14.5 Å². The number of phenols is 1. The Morgan fingerprint density at radius 1 is 0.952 bits per heavy atom. The first-order valence-electron chi connectivity index (χ1n) is 6.11. The third kappa shape index (κ3) is 2.05. The molecule has 1 amide bonds. The zero-order valence-corrected chi connectivity index (χ0v) is 10.6. The summed E-state index contributed by atoms with van der Waals surface area (Å²) >= 11 is 0. The number of phenolic OH excluding ortho intramolecular Hbond substituents is 1. The molecule has 0 fully saturated rings. The first-order chi connectivity index (χ1) is 9.99. The maximum atomic E-state index is 13.9. The van der Waals surface area contributed by atoms with Crippen LogP contribution in [0.5, 0.6) is 5.75 Å². The van der Waals surface area contributed by atoms with Gasteiger partial charge >= 0.3 is 0 Å². The van der Waals surface area contributed by atoms with Gasteiger partial charge in [0.2, 0.25) is 0 Å². The molecule has 1 aliphatic rings. The van der Waals surface area contributed by atoms with E-state index in [2.05, 4.69) is 0 Å². The predicted octanol–water partition coefficient (Wildman–Crippen LogP) is 2.40. The smallest absolute Gasteiger partial charge is 0.299 e. The van der Waals surface area contributed by atoms with E-state index < -0.39 is 28.9 Å². The fourth-order valence-electron chi connectivity index (χ4n) is 2.29. The molecule has 1 N–H and O–H groups in total. The number of halogens is 2. The minimum atomic E-state index is -1.05. The Labute approximate surface area is 118 Å². The summed E-state index contributed by atoms with van der Waals surface area (Å²) in [6, 6.07) is 7.57. The minimum absolute atomic E-state index is 0.0419. The lowest BCUT2D eigenvalue weighted by Crippen LogP contribution is -2.29. The number of anilines is 1. The second-order valence-corrected chi connectivity index (χ2v) is 4.64. The number of aromatic hydroxyl groups is 1. The Hall–Kier alpha value is -2.76. The molecule has 1 heterocycles. The van der Waals surface area contributed by atoms with Gasteiger partial charge in [-0.3, -0.25) is 14.5 Å². The van der Waals surface area contributed by atoms with E-state index in [1.165, 1.54) is 24.3 Å². The van der Waals surface area contributed by atoms with Crippen LogP contribution >= 0.6 is 0 Å². The summed E-state index contributed by atoms with van der Waals surface area (Å²) in [5, 5.41) is 9.21. The van der Waals surface area contributed by atoms with Crippen molar-refractivity contribution < 1.29 is 23.5 Å². The van der Waals surface area contributed by atoms with Gasteiger partial charge in [0.1, 0.15) is 17.4 Å². The van der Waals surface area contributed by atoms with Crippen LogP contribution in [0, 0.1) is 11.6 Å². The first kappa shape index (κ1) is 13.2. The lowest BCUT2D eigenvalue weighted by Gasteiger charge is -2.17. The van der Waals surface area contributed by atoms with E-state index >= 15 is 0 Å². The topological polar surface area (TPSA) is 57.6 Å². The van der Waals surface area contributed by atoms with Gasteiger partial charge in [0.15, 0.2) is 0 Å². The van der Waals surface area contributed by atoms with Gasteiger partial charge in [-0.1, -0.05) is 12.1 Å². The number of hydrogen-bond acceptors (Lipinski definition) is 3. The largest absolute Gasteiger partial charge is 0.508 e. The van der Waals surface area contributed by atoms with Gasteiger partial charge in [-0.25, -0.2) is 8.78 Å². The van der Waals surface area contributed by atoms with Crippen molar-refractivity contribution in [1.29, 1.82) is 0 Å². The normalized spacial score (nSPS) is 13.7. The van der Waals surface area contributed by atoms with E-state index in [0.29, 0.717) is 5.56 Å². The number of ketones is 1. The molecule has 106 valence electrons. The molecule has 0 bridgehead atoms. The molecule has 0 unspecified atom stereocenters. The lowest BCUT2D eigenvalue weighted by atomic mass is 10.1. The molecule has 1 aliphatic heterocycles. The van der Waals surface area contributed by atoms with E-state index in [1.807, 2.05) is 0 Å². The molecule has 0 aromatic heterocycles. The molecule has 4 nitrogen and oxygen atoms in total. The zero-order chi connectivity index (χ0) is 15.1. The van der Waals surface area contributed by atoms with Crippen molar-refractivity contribution in [3.05, 3.63) is 59.2 Å². The number of Topliss-reactive ketones (excluding diaryl/α,β-unsaturated/α-hetero) is 1. The van der Waals surface area contributed by atoms with Crippen molar-refractivity contribution in [3.8, 4) is 5.75 Å². The fourth-order valence-corrected chi connectivity index (χ4v) is 2.29. The summed E-state index contributed by atoms with van der Waals surface area (Å²) < 4.78 is 27.5. The van der Waals surface area contributed by atoms with E-state index in [9.17, 15) is 23.5 Å². The standard InChI is InChI=1S/C15H9F2NO3/c16-10-5-6-11(17)13-12(10)14(20)15(21)18(13)7-8-1-3-9(19)4-2-8/h1-6,19H,7H2. The molecular weight excluding hydrogens is 280 g/mol. The molecule has 0 aliphatic carbocycles. The fraction of sp³-hybridized carbons (Fsp3) is 0.0667. The van der Waals surface area contributed by atoms with Gasteiger partial charge in [-0.05, 0) is 29.8 Å². The Morgan fingerprint density at radius 3 is 2.24 bits per heavy atom. The first-order valence-corrected chi connectivity index (χ1v) is 6.11. The maximum Gasteiger partial charge on any atom is 0.299 e. The summed E-state index contributed by atoms with van der Waals surface area (Å²) in [6.45, 7) is -0.0851. The van der Waals surface area contributed by atoms with Crippen LogP contribution in [0.1, 0.15) is 15.9 Å². The number of benzene rings is 2. The highest BCUT2D eigenvalue weighted by Crippen LogP contribution is 2.34. The second-order valence-electron chi connectivity index (χ2n) is 4.64. The van der Waals surface area contributed by atoms with Crippen molar-refractivity contribution in [2.75, 3.05) is 4.90 Å². The van der Waals surface area contributed by atoms with Gasteiger partial charge in [-0.15, -0.1) is 0 Å². The van der Waals surface area contributed by atoms with Crippen LogP contribution < -0.4 is 4.90 Å². The Kier molecular flexibility index (Phi) is 2.94. The zero-order valence-electron chi connectivity index (χ0n) is 10.6. The molecule has 21 heavy (non-hydrogen) atoms. The SMILES string of the molecule is O=C1C(=O)N(Cc2ccc(O)cc2)c2c(F)ccc(F)c21. The molecule has 0 atom stereocenters. The van der Waals surface area contributed by atoms with Crippen molar-refractivity contribution in [3.63, 3.8) is 0 Å². The Morgan fingerprint density at radius 2 is 1.57 bits per heavy atom. The highest BCUT2D eigenvalue weighted by atomic mass is 19.1. The highest BCUT2D eigenvalue weighted by molar-refractivity contribution is 6.52. The van der Waals surface area contributed by atoms with E-state index in [1.54, 1.807) is 0 Å². The lowest BCUT2D eigenvalue weighted by molar-refractivity contribution is -0.114. The number of nitrogens with zero attached hydrogens (tertiary/aromatic N) is 1. The van der Waals surface area contributed by atoms with Crippen LogP contribution in [0.15, 0.2) is 36.4 Å². The number of amides is 1. The molecule has 0 saturated heterocycles. The number of fused-ring (bicyclic) bond motifs is 1. The molecule has 2 aromatic carbocycles. The summed E-state index contributed by atoms with van der Waals surface area (Å²) in [6.07, 6.45) is 0. The summed E-state index contributed by atoms with van der Waals surface area (Å²) in [5.74, 6) is -3.73. The van der Waals surface area contributed by atoms with Crippen molar-refractivity contribution in [2.24, 2.45) is 0 Å². The third-order valence-corrected chi connectivity index (χ3v) is 3.29. The summed E-state index contributed by atoms with van der Waals surface area (Å²) in [5.41, 5.74) is -0.290. The number of carbonyl (C=O) groups is 2. The quantitative estimate of drug-likeness (QED) is 0.864. The van der Waals surface area contributed by atoms with Crippen molar-refractivity contribution in [1.82, 2.24) is 0 Å². The van der Waals surface area contributed by atoms with Crippen LogP contribution in [0.3, 0.4) is 0 Å². The van der Waals surface area contributed by atoms with Crippen LogP contribution in [-0.2, 0) is 11.3 Å². The van der Waals surface area contributed by atoms with Crippen LogP contribution in [0.2, 0.25) is 0 Å². The molecule has 3 rings (SSSR count). The molecule has 0 saturated carbocycles. The highest BCUT2D eigenvalue weighted by Gasteiger charge is 2.40. The monoisotopic (exact) mass is 289 g/mol. The van der Waals surface area contributed by atoms with Gasteiger partial charge in [0, 0.05) is 0 Å². The Bertz CT molecular complexity index is 756. The van der Waals surface area contributed by atoms with Crippen molar-refractivity contribution >= 4 is 17.4 Å². The molecule has 2 aromatic rings. The van der Waals surface area contributed by atoms with Crippen molar-refractivity contribution in [2.45, 2.75) is 6.54 Å². The average molecular weight is 289 g/mol. The Balaban J connectivity index is 2.05. The second kappa shape index (κ2) is 4.66. The third-order valence-electron chi connectivity index (χ3n) is 3.29. The van der Waals surface area contributed by atoms with Crippen LogP contribution in [0.25, 0.3) is 0 Å². The minimum Gasteiger partial charge on any atom is -0.508 e. The molecule has 6 heteroatoms. The summed E-state index contributed by atoms with van der Waals surface area (Å²) in [4.78, 5) is 24.6. The molecule has 0 spiro atoms. The maximum absolute atomic E-state index is 13.9.